The number of hydrogen-bond acceptors (Lipinski definition) is 1. The minimum Gasteiger partial charge on any atom is -0.384 e. The van der Waals surface area contributed by atoms with E-state index in [1.165, 1.54) is 36.8 Å². The largest absolute Gasteiger partial charge is 0.384 e. The quantitative estimate of drug-likeness (QED) is 0.766. The normalized spacial score (nSPS) is 19.1. The zero-order valence-electron chi connectivity index (χ0n) is 12.3. The molecule has 1 heteroatoms. The molecule has 1 aliphatic carbocycles. The molecule has 1 fully saturated rings. The van der Waals surface area contributed by atoms with Crippen molar-refractivity contribution < 1.29 is 4.74 Å². The van der Waals surface area contributed by atoms with Crippen LogP contribution in [0.5, 0.6) is 0 Å². The van der Waals surface area contributed by atoms with Gasteiger partial charge in [-0.2, -0.15) is 0 Å². The highest BCUT2D eigenvalue weighted by Gasteiger charge is 2.35. The van der Waals surface area contributed by atoms with E-state index < -0.39 is 0 Å². The Hall–Kier alpha value is -0.820. The van der Waals surface area contributed by atoms with Crippen LogP contribution >= 0.6 is 0 Å². The summed E-state index contributed by atoms with van der Waals surface area (Å²) in [6, 6.07) is 9.24. The van der Waals surface area contributed by atoms with Crippen LogP contribution in [0, 0.1) is 0 Å². The van der Waals surface area contributed by atoms with E-state index >= 15 is 0 Å². The smallest absolute Gasteiger partial charge is 0.0559 e. The molecule has 1 aromatic rings. The Kier molecular flexibility index (Phi) is 3.82. The third-order valence-corrected chi connectivity index (χ3v) is 4.34. The van der Waals surface area contributed by atoms with Gasteiger partial charge in [0.1, 0.15) is 0 Å². The first-order valence-electron chi connectivity index (χ1n) is 7.08. The van der Waals surface area contributed by atoms with Crippen molar-refractivity contribution in [1.29, 1.82) is 0 Å². The second kappa shape index (κ2) is 5.05. The average Bonchev–Trinajstić information content (AvgIpc) is 2.78. The Bertz CT molecular complexity index is 377. The predicted molar refractivity (Wildman–Crippen MR) is 77.2 cm³/mol. The highest BCUT2D eigenvalue weighted by Crippen LogP contribution is 2.41. The van der Waals surface area contributed by atoms with Gasteiger partial charge in [-0.05, 0) is 29.4 Å². The molecule has 0 aliphatic heterocycles. The maximum absolute atomic E-state index is 5.48. The van der Waals surface area contributed by atoms with Crippen molar-refractivity contribution in [3.63, 3.8) is 0 Å². The molecular formula is C17H26O. The fourth-order valence-electron chi connectivity index (χ4n) is 3.17. The maximum atomic E-state index is 5.48. The first kappa shape index (κ1) is 13.6. The zero-order chi connectivity index (χ0) is 13.2. The molecule has 1 aromatic carbocycles. The molecule has 0 N–H and O–H groups in total. The lowest BCUT2D eigenvalue weighted by Crippen LogP contribution is -2.28. The van der Waals surface area contributed by atoms with E-state index in [4.69, 9.17) is 4.74 Å². The Morgan fingerprint density at radius 1 is 1.06 bits per heavy atom. The van der Waals surface area contributed by atoms with E-state index in [1.54, 1.807) is 0 Å². The fraction of sp³-hybridized carbons (Fsp3) is 0.647. The molecule has 0 radical (unpaired) electrons. The van der Waals surface area contributed by atoms with Crippen LogP contribution in [0.4, 0.5) is 0 Å². The zero-order valence-corrected chi connectivity index (χ0v) is 12.3. The van der Waals surface area contributed by atoms with Gasteiger partial charge in [0, 0.05) is 12.5 Å². The number of methoxy groups -OCH3 is 1. The van der Waals surface area contributed by atoms with Gasteiger partial charge in [-0.3, -0.25) is 0 Å². The summed E-state index contributed by atoms with van der Waals surface area (Å²) in [4.78, 5) is 0. The van der Waals surface area contributed by atoms with E-state index in [9.17, 15) is 0 Å². The van der Waals surface area contributed by atoms with Gasteiger partial charge in [0.15, 0.2) is 0 Å². The molecule has 0 spiro atoms. The minimum atomic E-state index is 0.239. The van der Waals surface area contributed by atoms with Crippen molar-refractivity contribution in [2.45, 2.75) is 57.3 Å². The van der Waals surface area contributed by atoms with Gasteiger partial charge in [0.05, 0.1) is 6.61 Å². The lowest BCUT2D eigenvalue weighted by atomic mass is 9.78. The van der Waals surface area contributed by atoms with Crippen molar-refractivity contribution >= 4 is 0 Å². The molecule has 100 valence electrons. The molecule has 0 atom stereocenters. The molecule has 0 amide bonds. The summed E-state index contributed by atoms with van der Waals surface area (Å²) in [5, 5.41) is 0. The van der Waals surface area contributed by atoms with Gasteiger partial charge in [0.2, 0.25) is 0 Å². The third kappa shape index (κ3) is 2.61. The Balaban J connectivity index is 2.27. The maximum Gasteiger partial charge on any atom is 0.0559 e. The number of hydrogen-bond donors (Lipinski definition) is 0. The summed E-state index contributed by atoms with van der Waals surface area (Å²) in [5.41, 5.74) is 3.40. The van der Waals surface area contributed by atoms with Crippen molar-refractivity contribution in [1.82, 2.24) is 0 Å². The Labute approximate surface area is 112 Å². The van der Waals surface area contributed by atoms with Crippen LogP contribution in [-0.2, 0) is 15.6 Å². The van der Waals surface area contributed by atoms with Crippen molar-refractivity contribution in [3.8, 4) is 0 Å². The molecule has 0 bridgehead atoms. The Morgan fingerprint density at radius 3 is 2.06 bits per heavy atom. The lowest BCUT2D eigenvalue weighted by molar-refractivity contribution is 0.131. The fourth-order valence-corrected chi connectivity index (χ4v) is 3.17. The van der Waals surface area contributed by atoms with Crippen molar-refractivity contribution in [2.24, 2.45) is 0 Å². The third-order valence-electron chi connectivity index (χ3n) is 4.34. The van der Waals surface area contributed by atoms with Crippen molar-refractivity contribution in [2.75, 3.05) is 13.7 Å². The van der Waals surface area contributed by atoms with Gasteiger partial charge in [0.25, 0.3) is 0 Å². The molecule has 0 saturated heterocycles. The molecular weight excluding hydrogens is 220 g/mol. The van der Waals surface area contributed by atoms with Crippen LogP contribution in [0.15, 0.2) is 24.3 Å². The molecule has 1 nitrogen and oxygen atoms in total. The van der Waals surface area contributed by atoms with Crippen LogP contribution < -0.4 is 0 Å². The lowest BCUT2D eigenvalue weighted by Gasteiger charge is -2.29. The molecule has 18 heavy (non-hydrogen) atoms. The van der Waals surface area contributed by atoms with Crippen LogP contribution in [0.2, 0.25) is 0 Å². The van der Waals surface area contributed by atoms with Gasteiger partial charge >= 0.3 is 0 Å². The summed E-state index contributed by atoms with van der Waals surface area (Å²) in [6.45, 7) is 7.66. The average molecular weight is 246 g/mol. The summed E-state index contributed by atoms with van der Waals surface area (Å²) in [5.74, 6) is 0. The van der Waals surface area contributed by atoms with E-state index in [-0.39, 0.29) is 10.8 Å². The number of ether oxygens (including phenoxy) is 1. The first-order valence-corrected chi connectivity index (χ1v) is 7.08. The molecule has 2 rings (SSSR count). The molecule has 0 aromatic heterocycles. The Morgan fingerprint density at radius 2 is 1.61 bits per heavy atom. The van der Waals surface area contributed by atoms with Gasteiger partial charge in [-0.1, -0.05) is 57.9 Å². The highest BCUT2D eigenvalue weighted by atomic mass is 16.5. The summed E-state index contributed by atoms with van der Waals surface area (Å²) in [7, 11) is 1.82. The summed E-state index contributed by atoms with van der Waals surface area (Å²) in [6.07, 6.45) is 5.22. The monoisotopic (exact) mass is 246 g/mol. The predicted octanol–water partition coefficient (Wildman–Crippen LogP) is 4.44. The molecule has 0 heterocycles. The topological polar surface area (TPSA) is 9.23 Å². The van der Waals surface area contributed by atoms with E-state index in [1.807, 2.05) is 7.11 Å². The molecule has 0 unspecified atom stereocenters. The van der Waals surface area contributed by atoms with Gasteiger partial charge in [-0.25, -0.2) is 0 Å². The second-order valence-corrected chi connectivity index (χ2v) is 6.75. The van der Waals surface area contributed by atoms with Gasteiger partial charge in [-0.15, -0.1) is 0 Å². The SMILES string of the molecule is COCC1(c2ccc(C(C)(C)C)cc2)CCCC1. The van der Waals surface area contributed by atoms with E-state index in [0.717, 1.165) is 6.61 Å². The van der Waals surface area contributed by atoms with Crippen molar-refractivity contribution in [3.05, 3.63) is 35.4 Å². The summed E-state index contributed by atoms with van der Waals surface area (Å²) < 4.78 is 5.48. The number of benzene rings is 1. The van der Waals surface area contributed by atoms with E-state index in [2.05, 4.69) is 45.0 Å². The first-order chi connectivity index (χ1) is 8.48. The number of rotatable bonds is 3. The van der Waals surface area contributed by atoms with Gasteiger partial charge < -0.3 is 4.74 Å². The highest BCUT2D eigenvalue weighted by molar-refractivity contribution is 5.33. The second-order valence-electron chi connectivity index (χ2n) is 6.75. The van der Waals surface area contributed by atoms with Crippen LogP contribution in [0.3, 0.4) is 0 Å². The summed E-state index contributed by atoms with van der Waals surface area (Å²) >= 11 is 0. The molecule has 1 aliphatic rings. The van der Waals surface area contributed by atoms with Crippen LogP contribution in [0.25, 0.3) is 0 Å². The van der Waals surface area contributed by atoms with Crippen LogP contribution in [-0.4, -0.2) is 13.7 Å². The standard InChI is InChI=1S/C17H26O/c1-16(2,3)14-7-9-15(10-8-14)17(13-18-4)11-5-6-12-17/h7-10H,5-6,11-13H2,1-4H3. The van der Waals surface area contributed by atoms with E-state index in [0.29, 0.717) is 0 Å². The van der Waals surface area contributed by atoms with Crippen LogP contribution in [0.1, 0.15) is 57.6 Å². The minimum absolute atomic E-state index is 0.239. The molecule has 1 saturated carbocycles.